The van der Waals surface area contributed by atoms with Gasteiger partial charge in [-0.1, -0.05) is 36.4 Å². The molecular formula is C19H20N4. The van der Waals surface area contributed by atoms with E-state index in [2.05, 4.69) is 52.3 Å². The Morgan fingerprint density at radius 1 is 1.00 bits per heavy atom. The lowest BCUT2D eigenvalue weighted by molar-refractivity contribution is 0.773. The predicted octanol–water partition coefficient (Wildman–Crippen LogP) is 2.58. The van der Waals surface area contributed by atoms with E-state index in [9.17, 15) is 0 Å². The molecule has 1 unspecified atom stereocenters. The van der Waals surface area contributed by atoms with Crippen LogP contribution in [0.15, 0.2) is 60.3 Å². The highest BCUT2D eigenvalue weighted by Crippen LogP contribution is 2.39. The van der Waals surface area contributed by atoms with Crippen molar-refractivity contribution in [2.45, 2.75) is 6.17 Å². The summed E-state index contributed by atoms with van der Waals surface area (Å²) < 4.78 is 0. The number of benzene rings is 2. The molecule has 4 rings (SSSR count). The Bertz CT molecular complexity index is 822. The molecule has 0 saturated heterocycles. The molecule has 2 aliphatic heterocycles. The van der Waals surface area contributed by atoms with Crippen LogP contribution >= 0.6 is 0 Å². The third-order valence-corrected chi connectivity index (χ3v) is 4.54. The standard InChI is InChI=1S/C19H20N4/c1-22-17-9-5-3-7-15(17)18(11-19(22)21)23-12-14(20)10-13-6-2-4-8-16(13)23/h2-11,19H,12,20-21H2,1H3. The number of nitrogens with zero attached hydrogens (tertiary/aromatic N) is 2. The summed E-state index contributed by atoms with van der Waals surface area (Å²) in [6, 6.07) is 16.7. The van der Waals surface area contributed by atoms with Gasteiger partial charge >= 0.3 is 0 Å². The van der Waals surface area contributed by atoms with Crippen molar-refractivity contribution in [2.24, 2.45) is 11.5 Å². The van der Waals surface area contributed by atoms with E-state index < -0.39 is 0 Å². The lowest BCUT2D eigenvalue weighted by Crippen LogP contribution is -2.43. The number of anilines is 2. The topological polar surface area (TPSA) is 58.5 Å². The molecular weight excluding hydrogens is 284 g/mol. The summed E-state index contributed by atoms with van der Waals surface area (Å²) in [5.74, 6) is 0. The highest BCUT2D eigenvalue weighted by molar-refractivity contribution is 5.92. The highest BCUT2D eigenvalue weighted by Gasteiger charge is 2.27. The molecule has 0 saturated carbocycles. The van der Waals surface area contributed by atoms with Crippen LogP contribution < -0.4 is 21.3 Å². The van der Waals surface area contributed by atoms with Gasteiger partial charge in [-0.3, -0.25) is 0 Å². The van der Waals surface area contributed by atoms with Crippen molar-refractivity contribution in [1.82, 2.24) is 0 Å². The summed E-state index contributed by atoms with van der Waals surface area (Å²) >= 11 is 0. The molecule has 0 spiro atoms. The van der Waals surface area contributed by atoms with Crippen molar-refractivity contribution in [3.63, 3.8) is 0 Å². The Morgan fingerprint density at radius 3 is 2.52 bits per heavy atom. The first kappa shape index (κ1) is 13.9. The average molecular weight is 304 g/mol. The van der Waals surface area contributed by atoms with Gasteiger partial charge in [-0.25, -0.2) is 0 Å². The van der Waals surface area contributed by atoms with E-state index in [1.165, 1.54) is 11.3 Å². The van der Waals surface area contributed by atoms with Gasteiger partial charge in [0, 0.05) is 29.7 Å². The molecule has 4 N–H and O–H groups in total. The zero-order chi connectivity index (χ0) is 16.0. The first-order valence-electron chi connectivity index (χ1n) is 7.77. The van der Waals surface area contributed by atoms with Crippen LogP contribution in [0.5, 0.6) is 0 Å². The van der Waals surface area contributed by atoms with Crippen LogP contribution in [0.1, 0.15) is 11.1 Å². The van der Waals surface area contributed by atoms with Crippen molar-refractivity contribution in [2.75, 3.05) is 23.4 Å². The fraction of sp³-hybridized carbons (Fsp3) is 0.158. The second-order valence-electron chi connectivity index (χ2n) is 6.03. The molecule has 4 nitrogen and oxygen atoms in total. The maximum absolute atomic E-state index is 6.32. The van der Waals surface area contributed by atoms with Crippen LogP contribution in [0.3, 0.4) is 0 Å². The van der Waals surface area contributed by atoms with Crippen LogP contribution in [0.2, 0.25) is 0 Å². The minimum absolute atomic E-state index is 0.154. The van der Waals surface area contributed by atoms with Gasteiger partial charge in [-0.2, -0.15) is 0 Å². The number of fused-ring (bicyclic) bond motifs is 2. The number of rotatable bonds is 1. The number of nitrogens with two attached hydrogens (primary N) is 2. The molecule has 2 aromatic rings. The fourth-order valence-corrected chi connectivity index (χ4v) is 3.34. The lowest BCUT2D eigenvalue weighted by atomic mass is 9.98. The van der Waals surface area contributed by atoms with Crippen LogP contribution in [0.4, 0.5) is 11.4 Å². The van der Waals surface area contributed by atoms with Crippen LogP contribution in [-0.2, 0) is 0 Å². The molecule has 116 valence electrons. The zero-order valence-corrected chi connectivity index (χ0v) is 13.1. The second-order valence-corrected chi connectivity index (χ2v) is 6.03. The Balaban J connectivity index is 1.88. The maximum Gasteiger partial charge on any atom is 0.0982 e. The highest BCUT2D eigenvalue weighted by atomic mass is 15.2. The van der Waals surface area contributed by atoms with Gasteiger partial charge < -0.3 is 21.3 Å². The third-order valence-electron chi connectivity index (χ3n) is 4.54. The summed E-state index contributed by atoms with van der Waals surface area (Å²) in [5, 5.41) is 0. The quantitative estimate of drug-likeness (QED) is 0.850. The van der Waals surface area contributed by atoms with Gasteiger partial charge in [0.05, 0.1) is 18.4 Å². The van der Waals surface area contributed by atoms with Gasteiger partial charge in [0.2, 0.25) is 0 Å². The molecule has 2 aliphatic rings. The van der Waals surface area contributed by atoms with Gasteiger partial charge in [-0.15, -0.1) is 0 Å². The molecule has 4 heteroatoms. The van der Waals surface area contributed by atoms with Crippen molar-refractivity contribution < 1.29 is 0 Å². The third kappa shape index (κ3) is 2.19. The molecule has 23 heavy (non-hydrogen) atoms. The van der Waals surface area contributed by atoms with E-state index in [1.807, 2.05) is 25.3 Å². The zero-order valence-electron chi connectivity index (χ0n) is 13.1. The maximum atomic E-state index is 6.32. The van der Waals surface area contributed by atoms with E-state index in [0.29, 0.717) is 6.54 Å². The van der Waals surface area contributed by atoms with Gasteiger partial charge in [0.1, 0.15) is 0 Å². The van der Waals surface area contributed by atoms with Gasteiger partial charge in [0.15, 0.2) is 0 Å². The second kappa shape index (κ2) is 5.18. The number of hydrogen-bond acceptors (Lipinski definition) is 4. The van der Waals surface area contributed by atoms with Crippen molar-refractivity contribution in [3.8, 4) is 0 Å². The Morgan fingerprint density at radius 2 is 1.70 bits per heavy atom. The summed E-state index contributed by atoms with van der Waals surface area (Å²) in [6.45, 7) is 0.674. The average Bonchev–Trinajstić information content (AvgIpc) is 2.57. The van der Waals surface area contributed by atoms with Crippen molar-refractivity contribution >= 4 is 23.1 Å². The van der Waals surface area contributed by atoms with E-state index in [0.717, 1.165) is 22.6 Å². The minimum atomic E-state index is -0.154. The number of para-hydroxylation sites is 2. The summed E-state index contributed by atoms with van der Waals surface area (Å²) in [4.78, 5) is 4.35. The summed E-state index contributed by atoms with van der Waals surface area (Å²) in [7, 11) is 2.02. The lowest BCUT2D eigenvalue weighted by Gasteiger charge is -2.39. The van der Waals surface area contributed by atoms with Crippen molar-refractivity contribution in [3.05, 3.63) is 71.4 Å². The van der Waals surface area contributed by atoms with Crippen LogP contribution in [0.25, 0.3) is 11.8 Å². The molecule has 0 radical (unpaired) electrons. The number of likely N-dealkylation sites (N-methyl/N-ethyl adjacent to an activating group) is 1. The molecule has 0 fully saturated rings. The molecule has 0 amide bonds. The largest absolute Gasteiger partial charge is 0.401 e. The van der Waals surface area contributed by atoms with E-state index >= 15 is 0 Å². The molecule has 2 aromatic carbocycles. The normalized spacial score (nSPS) is 19.7. The SMILES string of the molecule is CN1c2ccccc2C(N2CC(N)=Cc3ccccc32)=CC1N. The van der Waals surface area contributed by atoms with Crippen LogP contribution in [0, 0.1) is 0 Å². The molecule has 0 aliphatic carbocycles. The number of hydrogen-bond donors (Lipinski definition) is 2. The first-order valence-corrected chi connectivity index (χ1v) is 7.77. The monoisotopic (exact) mass is 304 g/mol. The molecule has 0 bridgehead atoms. The molecule has 0 aromatic heterocycles. The van der Waals surface area contributed by atoms with Crippen molar-refractivity contribution in [1.29, 1.82) is 0 Å². The summed E-state index contributed by atoms with van der Waals surface area (Å²) in [5.41, 5.74) is 19.1. The first-order chi connectivity index (χ1) is 11.1. The predicted molar refractivity (Wildman–Crippen MR) is 96.7 cm³/mol. The van der Waals surface area contributed by atoms with E-state index in [1.54, 1.807) is 0 Å². The smallest absolute Gasteiger partial charge is 0.0982 e. The summed E-state index contributed by atoms with van der Waals surface area (Å²) in [6.07, 6.45) is 4.00. The Labute approximate surface area is 136 Å². The van der Waals surface area contributed by atoms with Gasteiger partial charge in [-0.05, 0) is 29.8 Å². The van der Waals surface area contributed by atoms with E-state index in [4.69, 9.17) is 11.5 Å². The van der Waals surface area contributed by atoms with Gasteiger partial charge in [0.25, 0.3) is 0 Å². The molecule has 2 heterocycles. The van der Waals surface area contributed by atoms with E-state index in [-0.39, 0.29) is 6.17 Å². The Hall–Kier alpha value is -2.72. The minimum Gasteiger partial charge on any atom is -0.401 e. The van der Waals surface area contributed by atoms with Crippen LogP contribution in [-0.4, -0.2) is 19.8 Å². The Kier molecular flexibility index (Phi) is 3.13. The fourth-order valence-electron chi connectivity index (χ4n) is 3.34. The molecule has 1 atom stereocenters.